The summed E-state index contributed by atoms with van der Waals surface area (Å²) in [6.45, 7) is 10.9. The van der Waals surface area contributed by atoms with Gasteiger partial charge < -0.3 is 15.3 Å². The largest absolute Gasteiger partial charge is 0.504 e. The van der Waals surface area contributed by atoms with E-state index >= 15 is 0 Å². The van der Waals surface area contributed by atoms with Crippen molar-refractivity contribution in [2.45, 2.75) is 71.1 Å². The van der Waals surface area contributed by atoms with Crippen molar-refractivity contribution in [2.24, 2.45) is 11.3 Å². The molecule has 3 rings (SSSR count). The van der Waals surface area contributed by atoms with E-state index in [0.717, 1.165) is 36.0 Å². The second-order valence-corrected chi connectivity index (χ2v) is 8.81. The van der Waals surface area contributed by atoms with Crippen LogP contribution in [0.4, 0.5) is 0 Å². The van der Waals surface area contributed by atoms with Crippen LogP contribution in [-0.4, -0.2) is 21.9 Å². The lowest BCUT2D eigenvalue weighted by molar-refractivity contribution is 0.0330. The predicted octanol–water partition coefficient (Wildman–Crippen LogP) is 4.39. The van der Waals surface area contributed by atoms with E-state index < -0.39 is 0 Å². The Labute approximate surface area is 139 Å². The first-order valence-electron chi connectivity index (χ1n) is 8.85. The van der Waals surface area contributed by atoms with Gasteiger partial charge in [0.15, 0.2) is 11.5 Å². The molecule has 23 heavy (non-hydrogen) atoms. The van der Waals surface area contributed by atoms with Crippen LogP contribution in [0.3, 0.4) is 0 Å². The van der Waals surface area contributed by atoms with Crippen molar-refractivity contribution in [3.8, 4) is 11.5 Å². The molecule has 2 aliphatic rings. The molecule has 1 saturated carbocycles. The molecule has 3 nitrogen and oxygen atoms in total. The molecule has 0 bridgehead atoms. The van der Waals surface area contributed by atoms with Gasteiger partial charge in [-0.25, -0.2) is 0 Å². The summed E-state index contributed by atoms with van der Waals surface area (Å²) >= 11 is 0. The van der Waals surface area contributed by atoms with Crippen molar-refractivity contribution in [3.63, 3.8) is 0 Å². The lowest BCUT2D eigenvalue weighted by atomic mass is 9.55. The van der Waals surface area contributed by atoms with E-state index in [9.17, 15) is 15.3 Å². The number of hydrogen-bond acceptors (Lipinski definition) is 3. The summed E-state index contributed by atoms with van der Waals surface area (Å²) in [5, 5.41) is 31.5. The summed E-state index contributed by atoms with van der Waals surface area (Å²) in [5.41, 5.74) is 2.64. The van der Waals surface area contributed by atoms with Gasteiger partial charge in [-0.1, -0.05) is 47.1 Å². The third-order valence-corrected chi connectivity index (χ3v) is 6.57. The fraction of sp³-hybridized carbons (Fsp3) is 0.700. The Balaban J connectivity index is 2.30. The zero-order valence-corrected chi connectivity index (χ0v) is 15.0. The maximum absolute atomic E-state index is 10.8. The average Bonchev–Trinajstić information content (AvgIpc) is 2.71. The summed E-state index contributed by atoms with van der Waals surface area (Å²) in [7, 11) is 0. The Bertz CT molecular complexity index is 632. The van der Waals surface area contributed by atoms with E-state index in [4.69, 9.17) is 0 Å². The van der Waals surface area contributed by atoms with Gasteiger partial charge >= 0.3 is 0 Å². The Morgan fingerprint density at radius 1 is 1.13 bits per heavy atom. The number of phenols is 2. The molecule has 1 aromatic rings. The number of rotatable bonds is 2. The van der Waals surface area contributed by atoms with Crippen LogP contribution in [0.25, 0.3) is 0 Å². The van der Waals surface area contributed by atoms with Crippen LogP contribution >= 0.6 is 0 Å². The Hall–Kier alpha value is -1.22. The third-order valence-electron chi connectivity index (χ3n) is 6.57. The minimum Gasteiger partial charge on any atom is -0.504 e. The highest BCUT2D eigenvalue weighted by molar-refractivity contribution is 5.62. The minimum atomic E-state index is -0.179. The van der Waals surface area contributed by atoms with Crippen molar-refractivity contribution in [1.29, 1.82) is 0 Å². The summed E-state index contributed by atoms with van der Waals surface area (Å²) in [6, 6.07) is 2.04. The number of aliphatic hydroxyl groups is 1. The van der Waals surface area contributed by atoms with Gasteiger partial charge in [-0.2, -0.15) is 0 Å². The molecule has 2 aliphatic carbocycles. The van der Waals surface area contributed by atoms with Crippen molar-refractivity contribution >= 4 is 0 Å². The fourth-order valence-electron chi connectivity index (χ4n) is 5.77. The van der Waals surface area contributed by atoms with Gasteiger partial charge in [-0.3, -0.25) is 0 Å². The first-order chi connectivity index (χ1) is 10.6. The molecule has 128 valence electrons. The predicted molar refractivity (Wildman–Crippen MR) is 92.2 cm³/mol. The number of hydrogen-bond donors (Lipinski definition) is 3. The van der Waals surface area contributed by atoms with Gasteiger partial charge in [0, 0.05) is 22.5 Å². The molecular weight excluding hydrogens is 288 g/mol. The second-order valence-electron chi connectivity index (χ2n) is 8.81. The molecule has 1 fully saturated rings. The number of benzene rings is 1. The number of phenolic OH excluding ortho intramolecular Hbond substituents is 2. The highest BCUT2D eigenvalue weighted by atomic mass is 16.3. The van der Waals surface area contributed by atoms with Crippen LogP contribution in [0.1, 0.15) is 82.4 Å². The molecule has 1 aromatic carbocycles. The normalized spacial score (nSPS) is 32.0. The Morgan fingerprint density at radius 2 is 1.78 bits per heavy atom. The van der Waals surface area contributed by atoms with Crippen LogP contribution in [0, 0.1) is 11.3 Å². The summed E-state index contributed by atoms with van der Waals surface area (Å²) in [6.07, 6.45) is 3.25. The monoisotopic (exact) mass is 318 g/mol. The number of aromatic hydroxyl groups is 2. The highest BCUT2D eigenvalue weighted by Gasteiger charge is 2.58. The first-order valence-corrected chi connectivity index (χ1v) is 8.85. The second kappa shape index (κ2) is 5.14. The molecule has 0 saturated heterocycles. The summed E-state index contributed by atoms with van der Waals surface area (Å²) < 4.78 is 0. The molecule has 3 heteroatoms. The minimum absolute atomic E-state index is 0.0284. The SMILES string of the molecule is CC(C)c1cc2c(c(O)c1O)[C@@]1(C)CCCC(C)(C)[C@@H]1[C@H]2CO. The van der Waals surface area contributed by atoms with Crippen LogP contribution < -0.4 is 0 Å². The zero-order valence-electron chi connectivity index (χ0n) is 15.0. The molecule has 3 N–H and O–H groups in total. The fourth-order valence-corrected chi connectivity index (χ4v) is 5.77. The van der Waals surface area contributed by atoms with Crippen molar-refractivity contribution < 1.29 is 15.3 Å². The quantitative estimate of drug-likeness (QED) is 0.709. The molecule has 0 radical (unpaired) electrons. The van der Waals surface area contributed by atoms with Gasteiger partial charge in [0.05, 0.1) is 6.61 Å². The standard InChI is InChI=1S/C20H30O3/c1-11(2)12-9-13-14(10-21)18-19(3,4)7-6-8-20(18,5)15(13)17(23)16(12)22/h9,11,14,18,21-23H,6-8,10H2,1-5H3/t14-,18-,20+/m0/s1. The molecule has 3 atom stereocenters. The average molecular weight is 318 g/mol. The molecule has 0 aliphatic heterocycles. The van der Waals surface area contributed by atoms with E-state index in [0.29, 0.717) is 0 Å². The van der Waals surface area contributed by atoms with E-state index in [1.54, 1.807) is 0 Å². The maximum atomic E-state index is 10.8. The maximum Gasteiger partial charge on any atom is 0.161 e. The first kappa shape index (κ1) is 16.6. The summed E-state index contributed by atoms with van der Waals surface area (Å²) in [5.74, 6) is 0.535. The van der Waals surface area contributed by atoms with Crippen molar-refractivity contribution in [3.05, 3.63) is 22.8 Å². The molecule has 0 unspecified atom stereocenters. The lowest BCUT2D eigenvalue weighted by Crippen LogP contribution is -2.44. The lowest BCUT2D eigenvalue weighted by Gasteiger charge is -2.49. The van der Waals surface area contributed by atoms with Gasteiger partial charge in [0.1, 0.15) is 0 Å². The van der Waals surface area contributed by atoms with Crippen LogP contribution in [0.5, 0.6) is 11.5 Å². The van der Waals surface area contributed by atoms with E-state index in [1.165, 1.54) is 0 Å². The molecule has 0 aromatic heterocycles. The molecular formula is C20H30O3. The topological polar surface area (TPSA) is 60.7 Å². The number of fused-ring (bicyclic) bond motifs is 3. The van der Waals surface area contributed by atoms with Gasteiger partial charge in [0.2, 0.25) is 0 Å². The highest BCUT2D eigenvalue weighted by Crippen LogP contribution is 2.66. The van der Waals surface area contributed by atoms with Crippen LogP contribution in [0.2, 0.25) is 0 Å². The molecule has 0 amide bonds. The Morgan fingerprint density at radius 3 is 2.35 bits per heavy atom. The van der Waals surface area contributed by atoms with Gasteiger partial charge in [-0.15, -0.1) is 0 Å². The third kappa shape index (κ3) is 2.12. The van der Waals surface area contributed by atoms with Crippen LogP contribution in [0.15, 0.2) is 6.07 Å². The van der Waals surface area contributed by atoms with E-state index in [2.05, 4.69) is 20.8 Å². The van der Waals surface area contributed by atoms with Crippen LogP contribution in [-0.2, 0) is 5.41 Å². The molecule has 0 heterocycles. The number of aliphatic hydroxyl groups excluding tert-OH is 1. The molecule has 0 spiro atoms. The van der Waals surface area contributed by atoms with Gasteiger partial charge in [-0.05, 0) is 35.7 Å². The zero-order chi connectivity index (χ0) is 17.2. The summed E-state index contributed by atoms with van der Waals surface area (Å²) in [4.78, 5) is 0. The van der Waals surface area contributed by atoms with E-state index in [-0.39, 0.29) is 46.7 Å². The smallest absolute Gasteiger partial charge is 0.161 e. The Kier molecular flexibility index (Phi) is 3.72. The van der Waals surface area contributed by atoms with E-state index in [1.807, 2.05) is 19.9 Å². The van der Waals surface area contributed by atoms with Crippen molar-refractivity contribution in [1.82, 2.24) is 0 Å². The van der Waals surface area contributed by atoms with Gasteiger partial charge in [0.25, 0.3) is 0 Å². The van der Waals surface area contributed by atoms with Crippen molar-refractivity contribution in [2.75, 3.05) is 6.61 Å².